The Kier molecular flexibility index (Phi) is 3.46. The lowest BCUT2D eigenvalue weighted by molar-refractivity contribution is -0.180. The van der Waals surface area contributed by atoms with Crippen LogP contribution in [0.1, 0.15) is 20.3 Å². The molecule has 6 nitrogen and oxygen atoms in total. The highest BCUT2D eigenvalue weighted by atomic mass is 16.6. The fraction of sp³-hybridized carbons (Fsp3) is 1.00. The van der Waals surface area contributed by atoms with Gasteiger partial charge in [0.2, 0.25) is 0 Å². The summed E-state index contributed by atoms with van der Waals surface area (Å²) in [5, 5.41) is 38.8. The number of hydrogen-bond donors (Lipinski definition) is 4. The molecule has 2 aliphatic heterocycles. The Labute approximate surface area is 100 Å². The van der Waals surface area contributed by atoms with Crippen LogP contribution >= 0.6 is 0 Å². The highest BCUT2D eigenvalue weighted by Gasteiger charge is 2.52. The average molecular weight is 247 g/mol. The van der Waals surface area contributed by atoms with E-state index in [1.165, 1.54) is 0 Å². The Bertz CT molecular complexity index is 285. The Morgan fingerprint density at radius 1 is 1.35 bits per heavy atom. The summed E-state index contributed by atoms with van der Waals surface area (Å²) in [6.45, 7) is 3.93. The van der Waals surface area contributed by atoms with Crippen molar-refractivity contribution in [1.29, 1.82) is 0 Å². The summed E-state index contributed by atoms with van der Waals surface area (Å²) in [7, 11) is 0. The summed E-state index contributed by atoms with van der Waals surface area (Å²) in [4.78, 5) is 1.65. The van der Waals surface area contributed by atoms with Crippen molar-refractivity contribution < 1.29 is 25.2 Å². The predicted octanol–water partition coefficient (Wildman–Crippen LogP) is -1.52. The number of aliphatic hydroxyl groups excluding tert-OH is 3. The second-order valence-electron chi connectivity index (χ2n) is 5.41. The number of aliphatic hydroxyl groups is 4. The van der Waals surface area contributed by atoms with E-state index < -0.39 is 30.3 Å². The third-order valence-electron chi connectivity index (χ3n) is 3.69. The third kappa shape index (κ3) is 2.21. The molecule has 100 valence electrons. The molecule has 0 saturated carbocycles. The number of hydrogen-bond acceptors (Lipinski definition) is 6. The molecule has 0 radical (unpaired) electrons. The molecule has 0 aromatic rings. The summed E-state index contributed by atoms with van der Waals surface area (Å²) in [5.74, 6) is 0.297. The Balaban J connectivity index is 2.13. The molecule has 0 spiro atoms. The summed E-state index contributed by atoms with van der Waals surface area (Å²) in [6.07, 6.45) is -3.18. The molecule has 6 unspecified atom stereocenters. The summed E-state index contributed by atoms with van der Waals surface area (Å²) < 4.78 is 5.42. The Morgan fingerprint density at radius 3 is 2.41 bits per heavy atom. The number of ether oxygens (including phenoxy) is 1. The minimum absolute atomic E-state index is 0.297. The number of rotatable bonds is 2. The standard InChI is InChI=1S/C11H21NO5/c1-6-3-11(2,16)12(4-6)10-9(15)8(14)7(5-13)17-10/h6-10,13-16H,3-5H2,1-2H3. The maximum atomic E-state index is 10.2. The number of nitrogens with zero attached hydrogens (tertiary/aromatic N) is 1. The van der Waals surface area contributed by atoms with Crippen molar-refractivity contribution in [3.63, 3.8) is 0 Å². The van der Waals surface area contributed by atoms with Crippen molar-refractivity contribution in [2.45, 2.75) is 50.5 Å². The molecule has 2 fully saturated rings. The van der Waals surface area contributed by atoms with Crippen LogP contribution in [0.2, 0.25) is 0 Å². The first-order valence-corrected chi connectivity index (χ1v) is 5.98. The van der Waals surface area contributed by atoms with Gasteiger partial charge in [-0.15, -0.1) is 0 Å². The van der Waals surface area contributed by atoms with E-state index in [1.54, 1.807) is 11.8 Å². The van der Waals surface area contributed by atoms with Gasteiger partial charge in [0.15, 0.2) is 0 Å². The largest absolute Gasteiger partial charge is 0.394 e. The van der Waals surface area contributed by atoms with Crippen LogP contribution in [0.25, 0.3) is 0 Å². The van der Waals surface area contributed by atoms with E-state index in [4.69, 9.17) is 9.84 Å². The van der Waals surface area contributed by atoms with Gasteiger partial charge in [0.1, 0.15) is 30.3 Å². The second-order valence-corrected chi connectivity index (χ2v) is 5.41. The van der Waals surface area contributed by atoms with Crippen LogP contribution in [0, 0.1) is 5.92 Å². The third-order valence-corrected chi connectivity index (χ3v) is 3.69. The first-order chi connectivity index (χ1) is 7.86. The molecule has 6 heteroatoms. The van der Waals surface area contributed by atoms with Crippen LogP contribution in [-0.4, -0.2) is 68.7 Å². The lowest BCUT2D eigenvalue weighted by Crippen LogP contribution is -2.52. The molecule has 17 heavy (non-hydrogen) atoms. The monoisotopic (exact) mass is 247 g/mol. The quantitative estimate of drug-likeness (QED) is 0.473. The van der Waals surface area contributed by atoms with E-state index >= 15 is 0 Å². The van der Waals surface area contributed by atoms with Gasteiger partial charge in [0, 0.05) is 6.54 Å². The summed E-state index contributed by atoms with van der Waals surface area (Å²) in [6, 6.07) is 0. The van der Waals surface area contributed by atoms with Crippen LogP contribution in [0.15, 0.2) is 0 Å². The van der Waals surface area contributed by atoms with Crippen molar-refractivity contribution in [2.24, 2.45) is 5.92 Å². The van der Waals surface area contributed by atoms with Gasteiger partial charge in [-0.3, -0.25) is 0 Å². The average Bonchev–Trinajstić information content (AvgIpc) is 2.66. The lowest BCUT2D eigenvalue weighted by Gasteiger charge is -2.35. The van der Waals surface area contributed by atoms with Crippen LogP contribution in [-0.2, 0) is 4.74 Å². The van der Waals surface area contributed by atoms with Crippen molar-refractivity contribution in [3.8, 4) is 0 Å². The molecule has 0 aromatic carbocycles. The minimum atomic E-state index is -1.11. The van der Waals surface area contributed by atoms with E-state index in [-0.39, 0.29) is 6.61 Å². The molecule has 2 rings (SSSR count). The van der Waals surface area contributed by atoms with Gasteiger partial charge >= 0.3 is 0 Å². The van der Waals surface area contributed by atoms with E-state index in [2.05, 4.69) is 0 Å². The van der Waals surface area contributed by atoms with E-state index in [9.17, 15) is 15.3 Å². The van der Waals surface area contributed by atoms with E-state index in [1.807, 2.05) is 6.92 Å². The fourth-order valence-electron chi connectivity index (χ4n) is 2.89. The van der Waals surface area contributed by atoms with E-state index in [0.717, 1.165) is 0 Å². The van der Waals surface area contributed by atoms with Crippen molar-refractivity contribution in [1.82, 2.24) is 4.90 Å². The highest BCUT2D eigenvalue weighted by molar-refractivity contribution is 4.96. The normalized spacial score (nSPS) is 52.2. The molecule has 2 saturated heterocycles. The Hall–Kier alpha value is -0.240. The van der Waals surface area contributed by atoms with Gasteiger partial charge in [-0.2, -0.15) is 0 Å². The zero-order valence-electron chi connectivity index (χ0n) is 10.2. The maximum absolute atomic E-state index is 10.2. The van der Waals surface area contributed by atoms with Gasteiger partial charge in [-0.1, -0.05) is 6.92 Å². The minimum Gasteiger partial charge on any atom is -0.394 e. The maximum Gasteiger partial charge on any atom is 0.142 e. The smallest absolute Gasteiger partial charge is 0.142 e. The van der Waals surface area contributed by atoms with Crippen LogP contribution in [0.3, 0.4) is 0 Å². The summed E-state index contributed by atoms with van der Waals surface area (Å²) >= 11 is 0. The zero-order chi connectivity index (χ0) is 12.8. The lowest BCUT2D eigenvalue weighted by atomic mass is 10.1. The zero-order valence-corrected chi connectivity index (χ0v) is 10.2. The molecule has 0 bridgehead atoms. The molecule has 0 aliphatic carbocycles. The van der Waals surface area contributed by atoms with Gasteiger partial charge in [0.25, 0.3) is 0 Å². The van der Waals surface area contributed by atoms with Gasteiger partial charge in [-0.25, -0.2) is 4.90 Å². The molecule has 4 N–H and O–H groups in total. The van der Waals surface area contributed by atoms with Crippen molar-refractivity contribution in [2.75, 3.05) is 13.2 Å². The van der Waals surface area contributed by atoms with Crippen molar-refractivity contribution in [3.05, 3.63) is 0 Å². The van der Waals surface area contributed by atoms with Crippen LogP contribution < -0.4 is 0 Å². The molecule has 2 aliphatic rings. The van der Waals surface area contributed by atoms with Crippen molar-refractivity contribution >= 4 is 0 Å². The first kappa shape index (κ1) is 13.2. The molecule has 6 atom stereocenters. The van der Waals surface area contributed by atoms with Crippen LogP contribution in [0.4, 0.5) is 0 Å². The first-order valence-electron chi connectivity index (χ1n) is 5.98. The Morgan fingerprint density at radius 2 is 2.00 bits per heavy atom. The molecule has 0 aromatic heterocycles. The highest BCUT2D eigenvalue weighted by Crippen LogP contribution is 2.36. The van der Waals surface area contributed by atoms with Gasteiger partial charge in [0.05, 0.1) is 6.61 Å². The molecular weight excluding hydrogens is 226 g/mol. The molecule has 2 heterocycles. The summed E-state index contributed by atoms with van der Waals surface area (Å²) in [5.41, 5.74) is -1.05. The van der Waals surface area contributed by atoms with Crippen LogP contribution in [0.5, 0.6) is 0 Å². The fourth-order valence-corrected chi connectivity index (χ4v) is 2.89. The molecule has 0 amide bonds. The van der Waals surface area contributed by atoms with Gasteiger partial charge in [-0.05, 0) is 19.3 Å². The van der Waals surface area contributed by atoms with E-state index in [0.29, 0.717) is 18.9 Å². The number of likely N-dealkylation sites (tertiary alicyclic amines) is 1. The second kappa shape index (κ2) is 4.46. The predicted molar refractivity (Wildman–Crippen MR) is 58.9 cm³/mol. The van der Waals surface area contributed by atoms with Gasteiger partial charge < -0.3 is 25.2 Å². The SMILES string of the molecule is CC1CN(C2OC(CO)C(O)C2O)C(C)(O)C1. The molecular formula is C11H21NO5. The topological polar surface area (TPSA) is 93.4 Å².